The first kappa shape index (κ1) is 36.3. The van der Waals surface area contributed by atoms with Gasteiger partial charge in [-0.25, -0.2) is 0 Å². The standard InChI is InChI=1S/C34H43N5O8/c1-19(2)14-23(37-30(44)24(38-33(47)34(3,4)5)16-20-10-8-7-9-11-20)29(43)35-17-21-12-13-25-22(15-21)28(42)27(32(46)39(25)6)31(45)36-18-26(40)41/h7-13,15,19,23-24,42H,14,16-18H2,1-6H3,(H,35,43)(H,36,45)(H,37,44)(H,38,47)(H,40,41)/t23-,24-/m0/s1. The van der Waals surface area contributed by atoms with Gasteiger partial charge in [0.2, 0.25) is 17.7 Å². The first-order chi connectivity index (χ1) is 22.0. The van der Waals surface area contributed by atoms with E-state index in [-0.39, 0.29) is 30.2 Å². The number of rotatable bonds is 13. The summed E-state index contributed by atoms with van der Waals surface area (Å²) in [6.45, 7) is 8.31. The molecule has 0 aliphatic heterocycles. The van der Waals surface area contributed by atoms with Crippen molar-refractivity contribution >= 4 is 40.5 Å². The molecule has 0 fully saturated rings. The molecule has 0 saturated carbocycles. The molecule has 47 heavy (non-hydrogen) atoms. The van der Waals surface area contributed by atoms with Crippen LogP contribution in [0.1, 0.15) is 62.5 Å². The van der Waals surface area contributed by atoms with Gasteiger partial charge in [0.25, 0.3) is 11.5 Å². The molecule has 0 bridgehead atoms. The van der Waals surface area contributed by atoms with Crippen LogP contribution in [-0.2, 0) is 39.2 Å². The lowest BCUT2D eigenvalue weighted by Crippen LogP contribution is -2.55. The number of nitrogens with zero attached hydrogens (tertiary/aromatic N) is 1. The lowest BCUT2D eigenvalue weighted by Gasteiger charge is -2.27. The molecule has 0 unspecified atom stereocenters. The predicted octanol–water partition coefficient (Wildman–Crippen LogP) is 1.98. The average Bonchev–Trinajstić information content (AvgIpc) is 3.00. The number of fused-ring (bicyclic) bond motifs is 1. The van der Waals surface area contributed by atoms with Crippen molar-refractivity contribution < 1.29 is 34.2 Å². The van der Waals surface area contributed by atoms with Crippen LogP contribution < -0.4 is 26.8 Å². The number of benzene rings is 2. The summed E-state index contributed by atoms with van der Waals surface area (Å²) < 4.78 is 1.16. The molecule has 3 aromatic rings. The van der Waals surface area contributed by atoms with Gasteiger partial charge >= 0.3 is 5.97 Å². The highest BCUT2D eigenvalue weighted by Crippen LogP contribution is 2.27. The minimum absolute atomic E-state index is 0.0176. The molecule has 4 amide bonds. The van der Waals surface area contributed by atoms with Crippen molar-refractivity contribution in [2.24, 2.45) is 18.4 Å². The maximum atomic E-state index is 13.6. The third-order valence-electron chi connectivity index (χ3n) is 7.45. The van der Waals surface area contributed by atoms with E-state index < -0.39 is 64.6 Å². The highest BCUT2D eigenvalue weighted by molar-refractivity contribution is 6.03. The zero-order chi connectivity index (χ0) is 35.1. The molecule has 252 valence electrons. The maximum Gasteiger partial charge on any atom is 0.322 e. The number of aromatic nitrogens is 1. The number of carbonyl (C=O) groups is 5. The number of amides is 4. The number of carboxylic acid groups (broad SMARTS) is 1. The first-order valence-electron chi connectivity index (χ1n) is 15.3. The van der Waals surface area contributed by atoms with Gasteiger partial charge in [-0.2, -0.15) is 0 Å². The van der Waals surface area contributed by atoms with E-state index in [9.17, 15) is 33.9 Å². The molecule has 0 aliphatic carbocycles. The van der Waals surface area contributed by atoms with Crippen LogP contribution in [0, 0.1) is 11.3 Å². The Hall–Kier alpha value is -5.20. The third-order valence-corrected chi connectivity index (χ3v) is 7.45. The van der Waals surface area contributed by atoms with E-state index in [2.05, 4.69) is 21.3 Å². The molecule has 0 radical (unpaired) electrons. The quantitative estimate of drug-likeness (QED) is 0.162. The van der Waals surface area contributed by atoms with Gasteiger partial charge in [-0.05, 0) is 35.6 Å². The van der Waals surface area contributed by atoms with E-state index in [1.54, 1.807) is 32.9 Å². The summed E-state index contributed by atoms with van der Waals surface area (Å²) in [4.78, 5) is 76.0. The summed E-state index contributed by atoms with van der Waals surface area (Å²) in [5.74, 6) is -4.22. The second kappa shape index (κ2) is 15.4. The van der Waals surface area contributed by atoms with E-state index in [0.29, 0.717) is 17.5 Å². The van der Waals surface area contributed by atoms with Crippen molar-refractivity contribution in [1.82, 2.24) is 25.8 Å². The molecule has 0 spiro atoms. The highest BCUT2D eigenvalue weighted by atomic mass is 16.4. The van der Waals surface area contributed by atoms with Crippen LogP contribution >= 0.6 is 0 Å². The minimum atomic E-state index is -1.32. The minimum Gasteiger partial charge on any atom is -0.506 e. The fraction of sp³-hybridized carbons (Fsp3) is 0.412. The van der Waals surface area contributed by atoms with E-state index in [0.717, 1.165) is 10.1 Å². The number of hydrogen-bond donors (Lipinski definition) is 6. The van der Waals surface area contributed by atoms with Gasteiger partial charge in [-0.15, -0.1) is 0 Å². The largest absolute Gasteiger partial charge is 0.506 e. The van der Waals surface area contributed by atoms with Crippen molar-refractivity contribution in [3.8, 4) is 5.75 Å². The molecule has 3 rings (SSSR count). The molecule has 2 aromatic carbocycles. The van der Waals surface area contributed by atoms with Gasteiger partial charge in [-0.1, -0.05) is 71.0 Å². The van der Waals surface area contributed by atoms with Gasteiger partial charge < -0.3 is 36.0 Å². The van der Waals surface area contributed by atoms with E-state index in [4.69, 9.17) is 5.11 Å². The number of carboxylic acids is 1. The SMILES string of the molecule is CC(C)C[C@H](NC(=O)[C@H](Cc1ccccc1)NC(=O)C(C)(C)C)C(=O)NCc1ccc2c(c1)c(O)c(C(=O)NCC(=O)O)c(=O)n2C. The summed E-state index contributed by atoms with van der Waals surface area (Å²) in [7, 11) is 1.41. The molecular weight excluding hydrogens is 606 g/mol. The van der Waals surface area contributed by atoms with Crippen LogP contribution in [0.25, 0.3) is 10.9 Å². The Balaban J connectivity index is 1.83. The number of pyridine rings is 1. The number of aromatic hydroxyl groups is 1. The topological polar surface area (TPSA) is 196 Å². The Morgan fingerprint density at radius 3 is 2.13 bits per heavy atom. The second-order valence-corrected chi connectivity index (χ2v) is 12.9. The Bertz CT molecular complexity index is 1710. The van der Waals surface area contributed by atoms with Crippen LogP contribution in [0.3, 0.4) is 0 Å². The molecule has 1 aromatic heterocycles. The lowest BCUT2D eigenvalue weighted by atomic mass is 9.94. The molecular formula is C34H43N5O8. The molecule has 0 saturated heterocycles. The molecule has 1 heterocycles. The first-order valence-corrected chi connectivity index (χ1v) is 15.3. The zero-order valence-electron chi connectivity index (χ0n) is 27.5. The summed E-state index contributed by atoms with van der Waals surface area (Å²) in [6.07, 6.45) is 0.544. The van der Waals surface area contributed by atoms with E-state index >= 15 is 0 Å². The zero-order valence-corrected chi connectivity index (χ0v) is 27.5. The number of nitrogens with one attached hydrogen (secondary N) is 4. The normalized spacial score (nSPS) is 12.7. The van der Waals surface area contributed by atoms with Gasteiger partial charge in [0, 0.05) is 30.8 Å². The molecule has 13 heteroatoms. The van der Waals surface area contributed by atoms with Crippen molar-refractivity contribution in [2.75, 3.05) is 6.54 Å². The summed E-state index contributed by atoms with van der Waals surface area (Å²) in [5.41, 5.74) is -0.490. The second-order valence-electron chi connectivity index (χ2n) is 12.9. The van der Waals surface area contributed by atoms with Crippen molar-refractivity contribution in [3.05, 3.63) is 75.6 Å². The smallest absolute Gasteiger partial charge is 0.322 e. The monoisotopic (exact) mass is 649 g/mol. The lowest BCUT2D eigenvalue weighted by molar-refractivity contribution is -0.136. The Morgan fingerprint density at radius 1 is 0.872 bits per heavy atom. The number of carbonyl (C=O) groups excluding carboxylic acids is 4. The third kappa shape index (κ3) is 9.65. The molecule has 0 aliphatic rings. The summed E-state index contributed by atoms with van der Waals surface area (Å²) >= 11 is 0. The fourth-order valence-corrected chi connectivity index (χ4v) is 4.86. The van der Waals surface area contributed by atoms with Crippen molar-refractivity contribution in [1.29, 1.82) is 0 Å². The number of aliphatic carboxylic acids is 1. The van der Waals surface area contributed by atoms with Crippen LogP contribution in [0.15, 0.2) is 53.3 Å². The fourth-order valence-electron chi connectivity index (χ4n) is 4.86. The molecule has 2 atom stereocenters. The van der Waals surface area contributed by atoms with Crippen molar-refractivity contribution in [3.63, 3.8) is 0 Å². The maximum absolute atomic E-state index is 13.6. The van der Waals surface area contributed by atoms with Crippen LogP contribution in [0.5, 0.6) is 5.75 Å². The van der Waals surface area contributed by atoms with Crippen LogP contribution in [0.2, 0.25) is 0 Å². The Kier molecular flexibility index (Phi) is 11.9. The van der Waals surface area contributed by atoms with Crippen molar-refractivity contribution in [2.45, 2.75) is 66.1 Å². The summed E-state index contributed by atoms with van der Waals surface area (Å²) in [6, 6.07) is 12.1. The van der Waals surface area contributed by atoms with Gasteiger partial charge in [0.15, 0.2) is 0 Å². The average molecular weight is 650 g/mol. The molecule has 6 N–H and O–H groups in total. The van der Waals surface area contributed by atoms with Gasteiger partial charge in [0.05, 0.1) is 5.52 Å². The predicted molar refractivity (Wildman–Crippen MR) is 176 cm³/mol. The van der Waals surface area contributed by atoms with Crippen LogP contribution in [0.4, 0.5) is 0 Å². The summed E-state index contributed by atoms with van der Waals surface area (Å²) in [5, 5.41) is 30.4. The Morgan fingerprint density at radius 2 is 1.53 bits per heavy atom. The van der Waals surface area contributed by atoms with Gasteiger partial charge in [-0.3, -0.25) is 28.8 Å². The van der Waals surface area contributed by atoms with Gasteiger partial charge in [0.1, 0.15) is 29.9 Å². The molecule has 13 nitrogen and oxygen atoms in total. The van der Waals surface area contributed by atoms with E-state index in [1.165, 1.54) is 13.1 Å². The van der Waals surface area contributed by atoms with E-state index in [1.807, 2.05) is 44.2 Å². The Labute approximate surface area is 272 Å². The van der Waals surface area contributed by atoms with Crippen LogP contribution in [-0.4, -0.2) is 63.0 Å². The highest BCUT2D eigenvalue weighted by Gasteiger charge is 2.31. The number of aryl methyl sites for hydroxylation is 1. The number of hydrogen-bond acceptors (Lipinski definition) is 7.